The summed E-state index contributed by atoms with van der Waals surface area (Å²) in [5, 5.41) is 12.5. The van der Waals surface area contributed by atoms with Gasteiger partial charge in [-0.2, -0.15) is 0 Å². The van der Waals surface area contributed by atoms with Crippen LogP contribution in [-0.4, -0.2) is 28.6 Å². The predicted octanol–water partition coefficient (Wildman–Crippen LogP) is 1.64. The van der Waals surface area contributed by atoms with Crippen molar-refractivity contribution in [3.63, 3.8) is 0 Å². The highest BCUT2D eigenvalue weighted by molar-refractivity contribution is 6.07. The first-order chi connectivity index (χ1) is 9.11. The lowest BCUT2D eigenvalue weighted by Crippen LogP contribution is -2.32. The van der Waals surface area contributed by atoms with Crippen molar-refractivity contribution in [1.29, 1.82) is 0 Å². The van der Waals surface area contributed by atoms with E-state index in [1.807, 2.05) is 13.0 Å². The van der Waals surface area contributed by atoms with Crippen molar-refractivity contribution < 1.29 is 9.90 Å². The highest BCUT2D eigenvalue weighted by Gasteiger charge is 2.14. The fourth-order valence-corrected chi connectivity index (χ4v) is 2.10. The largest absolute Gasteiger partial charge is 0.399 e. The number of fused-ring (bicyclic) bond motifs is 1. The number of carbonyl (C=O) groups is 1. The van der Waals surface area contributed by atoms with Crippen molar-refractivity contribution in [3.8, 4) is 0 Å². The van der Waals surface area contributed by atoms with Gasteiger partial charge in [0.05, 0.1) is 5.56 Å². The SMILES string of the molecule is CC(CCCO)NC(=O)c1c[nH]c2ccc(N)cc12. The average molecular weight is 261 g/mol. The van der Waals surface area contributed by atoms with E-state index in [0.717, 1.165) is 17.3 Å². The molecule has 2 rings (SSSR count). The summed E-state index contributed by atoms with van der Waals surface area (Å²) in [6, 6.07) is 5.48. The van der Waals surface area contributed by atoms with Crippen LogP contribution in [0.25, 0.3) is 10.9 Å². The van der Waals surface area contributed by atoms with Crippen molar-refractivity contribution in [3.05, 3.63) is 30.0 Å². The average Bonchev–Trinajstić information content (AvgIpc) is 2.79. The zero-order valence-electron chi connectivity index (χ0n) is 10.9. The zero-order valence-corrected chi connectivity index (χ0v) is 10.9. The third kappa shape index (κ3) is 3.06. The topological polar surface area (TPSA) is 91.1 Å². The Bertz CT molecular complexity index is 577. The van der Waals surface area contributed by atoms with Gasteiger partial charge in [-0.05, 0) is 38.0 Å². The maximum absolute atomic E-state index is 12.2. The van der Waals surface area contributed by atoms with Crippen LogP contribution in [0.5, 0.6) is 0 Å². The number of aliphatic hydroxyl groups excluding tert-OH is 1. The smallest absolute Gasteiger partial charge is 0.253 e. The van der Waals surface area contributed by atoms with Gasteiger partial charge in [0, 0.05) is 35.4 Å². The van der Waals surface area contributed by atoms with E-state index in [4.69, 9.17) is 10.8 Å². The molecule has 1 unspecified atom stereocenters. The van der Waals surface area contributed by atoms with Gasteiger partial charge in [-0.3, -0.25) is 4.79 Å². The van der Waals surface area contributed by atoms with E-state index in [1.54, 1.807) is 18.3 Å². The van der Waals surface area contributed by atoms with Crippen molar-refractivity contribution in [2.45, 2.75) is 25.8 Å². The predicted molar refractivity (Wildman–Crippen MR) is 76.0 cm³/mol. The number of aromatic nitrogens is 1. The molecular formula is C14H19N3O2. The molecule has 5 nitrogen and oxygen atoms in total. The number of hydrogen-bond acceptors (Lipinski definition) is 3. The molecule has 1 amide bonds. The van der Waals surface area contributed by atoms with Crippen LogP contribution in [0.15, 0.2) is 24.4 Å². The number of nitrogens with one attached hydrogen (secondary N) is 2. The molecule has 0 aliphatic carbocycles. The number of hydrogen-bond donors (Lipinski definition) is 4. The number of aromatic amines is 1. The quantitative estimate of drug-likeness (QED) is 0.617. The maximum Gasteiger partial charge on any atom is 0.253 e. The van der Waals surface area contributed by atoms with Crippen LogP contribution in [0.4, 0.5) is 5.69 Å². The summed E-state index contributed by atoms with van der Waals surface area (Å²) in [5.74, 6) is -0.123. The molecule has 0 saturated carbocycles. The van der Waals surface area contributed by atoms with Gasteiger partial charge in [0.1, 0.15) is 0 Å². The van der Waals surface area contributed by atoms with E-state index in [2.05, 4.69) is 10.3 Å². The standard InChI is InChI=1S/C14H19N3O2/c1-9(3-2-6-18)17-14(19)12-8-16-13-5-4-10(15)7-11(12)13/h4-5,7-9,16,18H,2-3,6,15H2,1H3,(H,17,19). The lowest BCUT2D eigenvalue weighted by Gasteiger charge is -2.12. The molecule has 1 aromatic heterocycles. The second kappa shape index (κ2) is 5.75. The molecule has 102 valence electrons. The molecule has 1 aromatic carbocycles. The van der Waals surface area contributed by atoms with Gasteiger partial charge in [-0.15, -0.1) is 0 Å². The van der Waals surface area contributed by atoms with Crippen LogP contribution < -0.4 is 11.1 Å². The molecule has 5 N–H and O–H groups in total. The minimum Gasteiger partial charge on any atom is -0.399 e. The van der Waals surface area contributed by atoms with Crippen molar-refractivity contribution >= 4 is 22.5 Å². The number of aliphatic hydroxyl groups is 1. The fourth-order valence-electron chi connectivity index (χ4n) is 2.10. The molecule has 0 aliphatic heterocycles. The lowest BCUT2D eigenvalue weighted by atomic mass is 10.1. The summed E-state index contributed by atoms with van der Waals surface area (Å²) in [5.41, 5.74) is 7.87. The van der Waals surface area contributed by atoms with E-state index < -0.39 is 0 Å². The molecule has 5 heteroatoms. The first kappa shape index (κ1) is 13.4. The van der Waals surface area contributed by atoms with E-state index in [9.17, 15) is 4.79 Å². The number of rotatable bonds is 5. The molecule has 1 heterocycles. The highest BCUT2D eigenvalue weighted by atomic mass is 16.3. The summed E-state index contributed by atoms with van der Waals surface area (Å²) >= 11 is 0. The summed E-state index contributed by atoms with van der Waals surface area (Å²) in [6.07, 6.45) is 3.13. The number of nitrogen functional groups attached to an aromatic ring is 1. The van der Waals surface area contributed by atoms with Crippen molar-refractivity contribution in [2.75, 3.05) is 12.3 Å². The summed E-state index contributed by atoms with van der Waals surface area (Å²) in [7, 11) is 0. The number of nitrogens with two attached hydrogens (primary N) is 1. The van der Waals surface area contributed by atoms with E-state index in [-0.39, 0.29) is 18.6 Å². The molecule has 0 fully saturated rings. The van der Waals surface area contributed by atoms with Crippen LogP contribution in [0, 0.1) is 0 Å². The van der Waals surface area contributed by atoms with Gasteiger partial charge in [-0.25, -0.2) is 0 Å². The van der Waals surface area contributed by atoms with Crippen LogP contribution in [0.1, 0.15) is 30.1 Å². The number of H-pyrrole nitrogens is 1. The Kier molecular flexibility index (Phi) is 4.06. The molecule has 19 heavy (non-hydrogen) atoms. The van der Waals surface area contributed by atoms with Gasteiger partial charge in [0.2, 0.25) is 0 Å². The minimum absolute atomic E-state index is 0.0330. The minimum atomic E-state index is -0.123. The normalized spacial score (nSPS) is 12.5. The van der Waals surface area contributed by atoms with Gasteiger partial charge in [0.15, 0.2) is 0 Å². The van der Waals surface area contributed by atoms with E-state index in [0.29, 0.717) is 17.7 Å². The third-order valence-electron chi connectivity index (χ3n) is 3.12. The molecule has 0 saturated heterocycles. The lowest BCUT2D eigenvalue weighted by molar-refractivity contribution is 0.0938. The summed E-state index contributed by atoms with van der Waals surface area (Å²) in [4.78, 5) is 15.2. The Balaban J connectivity index is 2.15. The van der Waals surface area contributed by atoms with Gasteiger partial charge >= 0.3 is 0 Å². The second-order valence-electron chi connectivity index (χ2n) is 4.75. The number of amides is 1. The van der Waals surface area contributed by atoms with Crippen LogP contribution >= 0.6 is 0 Å². The molecule has 0 spiro atoms. The molecule has 2 aromatic rings. The first-order valence-electron chi connectivity index (χ1n) is 6.40. The van der Waals surface area contributed by atoms with Gasteiger partial charge in [-0.1, -0.05) is 0 Å². The van der Waals surface area contributed by atoms with Crippen molar-refractivity contribution in [1.82, 2.24) is 10.3 Å². The highest BCUT2D eigenvalue weighted by Crippen LogP contribution is 2.21. The number of carbonyl (C=O) groups excluding carboxylic acids is 1. The molecule has 0 bridgehead atoms. The molecular weight excluding hydrogens is 242 g/mol. The summed E-state index contributed by atoms with van der Waals surface area (Å²) in [6.45, 7) is 2.07. The fraction of sp³-hybridized carbons (Fsp3) is 0.357. The molecule has 0 aliphatic rings. The monoisotopic (exact) mass is 261 g/mol. The van der Waals surface area contributed by atoms with Gasteiger partial charge < -0.3 is 21.1 Å². The molecule has 0 radical (unpaired) electrons. The van der Waals surface area contributed by atoms with E-state index >= 15 is 0 Å². The van der Waals surface area contributed by atoms with E-state index in [1.165, 1.54) is 0 Å². The Hall–Kier alpha value is -2.01. The number of anilines is 1. The van der Waals surface area contributed by atoms with Crippen LogP contribution in [-0.2, 0) is 0 Å². The summed E-state index contributed by atoms with van der Waals surface area (Å²) < 4.78 is 0. The van der Waals surface area contributed by atoms with Crippen LogP contribution in [0.3, 0.4) is 0 Å². The number of benzene rings is 1. The third-order valence-corrected chi connectivity index (χ3v) is 3.12. The van der Waals surface area contributed by atoms with Crippen LogP contribution in [0.2, 0.25) is 0 Å². The van der Waals surface area contributed by atoms with Crippen molar-refractivity contribution in [2.24, 2.45) is 0 Å². The second-order valence-corrected chi connectivity index (χ2v) is 4.75. The Morgan fingerprint density at radius 1 is 1.53 bits per heavy atom. The Morgan fingerprint density at radius 2 is 2.32 bits per heavy atom. The first-order valence-corrected chi connectivity index (χ1v) is 6.40. The van der Waals surface area contributed by atoms with Gasteiger partial charge in [0.25, 0.3) is 5.91 Å². The molecule has 1 atom stereocenters. The Labute approximate surface area is 111 Å². The Morgan fingerprint density at radius 3 is 3.05 bits per heavy atom. The zero-order chi connectivity index (χ0) is 13.8. The maximum atomic E-state index is 12.2.